The van der Waals surface area contributed by atoms with Crippen LogP contribution in [0.15, 0.2) is 85.2 Å². The molecule has 0 aliphatic carbocycles. The van der Waals surface area contributed by atoms with Crippen molar-refractivity contribution >= 4 is 17.6 Å². The Morgan fingerprint density at radius 2 is 1.73 bits per heavy atom. The van der Waals surface area contributed by atoms with Crippen molar-refractivity contribution in [2.75, 3.05) is 44.2 Å². The van der Waals surface area contributed by atoms with Crippen LogP contribution in [0.1, 0.15) is 59.3 Å². The average Bonchev–Trinajstić information content (AvgIpc) is 3.55. The van der Waals surface area contributed by atoms with Gasteiger partial charge in [0.05, 0.1) is 17.7 Å². The van der Waals surface area contributed by atoms with Crippen LogP contribution in [0.25, 0.3) is 0 Å². The van der Waals surface area contributed by atoms with E-state index in [0.29, 0.717) is 69.0 Å². The summed E-state index contributed by atoms with van der Waals surface area (Å²) >= 11 is 0. The van der Waals surface area contributed by atoms with Gasteiger partial charge in [0.15, 0.2) is 0 Å². The van der Waals surface area contributed by atoms with Gasteiger partial charge < -0.3 is 19.4 Å². The molecule has 0 bridgehead atoms. The van der Waals surface area contributed by atoms with Crippen LogP contribution in [0.4, 0.5) is 5.82 Å². The molecule has 1 saturated heterocycles. The number of carbonyl (C=O) groups is 2. The van der Waals surface area contributed by atoms with E-state index in [1.807, 2.05) is 88.3 Å². The van der Waals surface area contributed by atoms with Crippen molar-refractivity contribution in [1.82, 2.24) is 24.6 Å². The number of carbonyl (C=O) groups excluding carboxylic acids is 2. The number of fused-ring (bicyclic) bond motifs is 1. The standard InChI is InChI=1S/C38H43N7O3/c1-42-32(16-20-41-42)13-15-36(46)44-22-18-38(19-23-44)17-7-21-43(35-14-12-31(26-39)27-40-35)24-25-45(28-30-8-3-2-4-9-30)37(47)33-10-5-6-11-34(33)48-29-38/h2-6,8-12,14,16,20,27H,7,13,15,17-19,21-25,28-29H2,1H3. The lowest BCUT2D eigenvalue weighted by atomic mass is 9.75. The Morgan fingerprint density at radius 3 is 2.46 bits per heavy atom. The van der Waals surface area contributed by atoms with Crippen LogP contribution in [-0.2, 0) is 24.8 Å². The van der Waals surface area contributed by atoms with E-state index in [1.165, 1.54) is 0 Å². The maximum absolute atomic E-state index is 14.2. The number of hydrogen-bond donors (Lipinski definition) is 0. The minimum atomic E-state index is -0.142. The molecule has 0 radical (unpaired) electrons. The topological polar surface area (TPSA) is 108 Å². The van der Waals surface area contributed by atoms with Gasteiger partial charge in [-0.05, 0) is 68.0 Å². The van der Waals surface area contributed by atoms with Crippen molar-refractivity contribution in [2.24, 2.45) is 12.5 Å². The molecule has 0 saturated carbocycles. The van der Waals surface area contributed by atoms with Gasteiger partial charge in [-0.3, -0.25) is 14.3 Å². The highest BCUT2D eigenvalue weighted by molar-refractivity contribution is 5.97. The number of para-hydroxylation sites is 1. The smallest absolute Gasteiger partial charge is 0.257 e. The number of nitrogens with zero attached hydrogens (tertiary/aromatic N) is 7. The van der Waals surface area contributed by atoms with Gasteiger partial charge in [-0.25, -0.2) is 4.98 Å². The highest BCUT2D eigenvalue weighted by Gasteiger charge is 2.37. The number of rotatable bonds is 6. The fourth-order valence-corrected chi connectivity index (χ4v) is 6.83. The van der Waals surface area contributed by atoms with E-state index in [4.69, 9.17) is 4.74 Å². The minimum absolute atomic E-state index is 0.0793. The summed E-state index contributed by atoms with van der Waals surface area (Å²) in [6, 6.07) is 25.4. The number of hydrogen-bond acceptors (Lipinski definition) is 7. The van der Waals surface area contributed by atoms with Crippen LogP contribution in [0.5, 0.6) is 5.75 Å². The monoisotopic (exact) mass is 645 g/mol. The van der Waals surface area contributed by atoms with Gasteiger partial charge in [0.1, 0.15) is 17.6 Å². The molecule has 4 aromatic rings. The second kappa shape index (κ2) is 15.2. The van der Waals surface area contributed by atoms with E-state index in [0.717, 1.165) is 49.3 Å². The van der Waals surface area contributed by atoms with Crippen LogP contribution < -0.4 is 9.64 Å². The number of likely N-dealkylation sites (tertiary alicyclic amines) is 1. The number of piperidine rings is 1. The fourth-order valence-electron chi connectivity index (χ4n) is 6.83. The third kappa shape index (κ3) is 7.85. The molecule has 48 heavy (non-hydrogen) atoms. The number of aryl methyl sites for hydroxylation is 2. The molecule has 1 fully saturated rings. The number of anilines is 1. The number of amides is 2. The largest absolute Gasteiger partial charge is 0.492 e. The van der Waals surface area contributed by atoms with Crippen molar-refractivity contribution in [1.29, 1.82) is 5.26 Å². The lowest BCUT2D eigenvalue weighted by Gasteiger charge is -2.42. The molecule has 0 N–H and O–H groups in total. The Bertz CT molecular complexity index is 1720. The Hall–Kier alpha value is -5.17. The Morgan fingerprint density at radius 1 is 0.938 bits per heavy atom. The highest BCUT2D eigenvalue weighted by Crippen LogP contribution is 2.38. The first-order valence-electron chi connectivity index (χ1n) is 16.8. The molecule has 10 nitrogen and oxygen atoms in total. The molecule has 2 aliphatic heterocycles. The summed E-state index contributed by atoms with van der Waals surface area (Å²) in [6.45, 7) is 4.13. The lowest BCUT2D eigenvalue weighted by molar-refractivity contribution is -0.134. The first-order chi connectivity index (χ1) is 23.4. The van der Waals surface area contributed by atoms with Crippen molar-refractivity contribution in [3.05, 3.63) is 108 Å². The summed E-state index contributed by atoms with van der Waals surface area (Å²) < 4.78 is 8.41. The predicted molar refractivity (Wildman–Crippen MR) is 183 cm³/mol. The summed E-state index contributed by atoms with van der Waals surface area (Å²) in [5.74, 6) is 1.48. The van der Waals surface area contributed by atoms with E-state index in [-0.39, 0.29) is 17.2 Å². The molecule has 6 rings (SSSR count). The van der Waals surface area contributed by atoms with Gasteiger partial charge >= 0.3 is 0 Å². The maximum Gasteiger partial charge on any atom is 0.257 e. The molecular formula is C38H43N7O3. The van der Waals surface area contributed by atoms with Crippen LogP contribution in [0, 0.1) is 16.7 Å². The number of benzene rings is 2. The molecule has 248 valence electrons. The second-order valence-corrected chi connectivity index (χ2v) is 12.9. The second-order valence-electron chi connectivity index (χ2n) is 12.9. The molecule has 4 heterocycles. The first kappa shape index (κ1) is 32.8. The first-order valence-corrected chi connectivity index (χ1v) is 16.8. The lowest BCUT2D eigenvalue weighted by Crippen LogP contribution is -2.46. The molecule has 2 aromatic carbocycles. The fraction of sp³-hybridized carbons (Fsp3) is 0.395. The summed E-state index contributed by atoms with van der Waals surface area (Å²) in [7, 11) is 1.90. The Labute approximate surface area is 282 Å². The van der Waals surface area contributed by atoms with Crippen molar-refractivity contribution in [2.45, 2.75) is 45.1 Å². The zero-order valence-electron chi connectivity index (χ0n) is 27.6. The quantitative estimate of drug-likeness (QED) is 0.282. The van der Waals surface area contributed by atoms with Crippen molar-refractivity contribution < 1.29 is 14.3 Å². The van der Waals surface area contributed by atoms with Gasteiger partial charge in [-0.1, -0.05) is 42.5 Å². The van der Waals surface area contributed by atoms with Crippen LogP contribution in [-0.4, -0.2) is 75.7 Å². The molecule has 1 spiro atoms. The van der Waals surface area contributed by atoms with Gasteiger partial charge in [0.25, 0.3) is 5.91 Å². The number of pyridine rings is 1. The molecule has 10 heteroatoms. The summed E-state index contributed by atoms with van der Waals surface area (Å²) in [5, 5.41) is 13.6. The summed E-state index contributed by atoms with van der Waals surface area (Å²) in [4.78, 5) is 38.2. The van der Waals surface area contributed by atoms with Gasteiger partial charge in [-0.15, -0.1) is 0 Å². The SMILES string of the molecule is Cn1nccc1CCC(=O)N1CCC2(CCCN(c3ccc(C#N)cn3)CCN(Cc3ccccc3)C(=O)c3ccccc3OC2)CC1. The van der Waals surface area contributed by atoms with Gasteiger partial charge in [-0.2, -0.15) is 10.4 Å². The predicted octanol–water partition coefficient (Wildman–Crippen LogP) is 5.25. The Balaban J connectivity index is 1.23. The van der Waals surface area contributed by atoms with Gasteiger partial charge in [0.2, 0.25) is 5.91 Å². The van der Waals surface area contributed by atoms with E-state index in [2.05, 4.69) is 21.1 Å². The van der Waals surface area contributed by atoms with Crippen LogP contribution in [0.3, 0.4) is 0 Å². The number of aromatic nitrogens is 3. The van der Waals surface area contributed by atoms with Crippen molar-refractivity contribution in [3.63, 3.8) is 0 Å². The van der Waals surface area contributed by atoms with Gasteiger partial charge in [0, 0.05) is 76.2 Å². The minimum Gasteiger partial charge on any atom is -0.492 e. The third-order valence-corrected chi connectivity index (χ3v) is 9.83. The molecule has 0 atom stereocenters. The van der Waals surface area contributed by atoms with Crippen molar-refractivity contribution in [3.8, 4) is 11.8 Å². The molecule has 2 amide bonds. The number of ether oxygens (including phenoxy) is 1. The maximum atomic E-state index is 14.2. The highest BCUT2D eigenvalue weighted by atomic mass is 16.5. The average molecular weight is 646 g/mol. The zero-order chi connectivity index (χ0) is 33.3. The number of nitriles is 1. The summed E-state index contributed by atoms with van der Waals surface area (Å²) in [5.41, 5.74) is 3.03. The van der Waals surface area contributed by atoms with Crippen LogP contribution in [0.2, 0.25) is 0 Å². The van der Waals surface area contributed by atoms with E-state index < -0.39 is 0 Å². The molecule has 2 aromatic heterocycles. The third-order valence-electron chi connectivity index (χ3n) is 9.83. The summed E-state index contributed by atoms with van der Waals surface area (Å²) in [6.07, 6.45) is 7.98. The molecule has 2 aliphatic rings. The molecular weight excluding hydrogens is 602 g/mol. The normalized spacial score (nSPS) is 17.0. The van der Waals surface area contributed by atoms with Crippen LogP contribution >= 0.6 is 0 Å². The Kier molecular flexibility index (Phi) is 10.3. The zero-order valence-corrected chi connectivity index (χ0v) is 27.6. The van der Waals surface area contributed by atoms with E-state index >= 15 is 0 Å². The van der Waals surface area contributed by atoms with E-state index in [1.54, 1.807) is 18.5 Å². The van der Waals surface area contributed by atoms with E-state index in [9.17, 15) is 14.9 Å². The molecule has 0 unspecified atom stereocenters.